The lowest BCUT2D eigenvalue weighted by atomic mass is 9.96. The fourth-order valence-electron chi connectivity index (χ4n) is 6.08. The minimum Gasteiger partial charge on any atom is -0.392 e. The van der Waals surface area contributed by atoms with Crippen LogP contribution in [-0.4, -0.2) is 62.9 Å². The summed E-state index contributed by atoms with van der Waals surface area (Å²) in [5.74, 6) is -0.217. The second-order valence-corrected chi connectivity index (χ2v) is 10.9. The summed E-state index contributed by atoms with van der Waals surface area (Å²) >= 11 is 0. The Morgan fingerprint density at radius 3 is 2.33 bits per heavy atom. The van der Waals surface area contributed by atoms with Gasteiger partial charge in [-0.25, -0.2) is 4.79 Å². The fourth-order valence-corrected chi connectivity index (χ4v) is 6.08. The minimum atomic E-state index is -0.713. The third-order valence-corrected chi connectivity index (χ3v) is 8.27. The van der Waals surface area contributed by atoms with Crippen LogP contribution < -0.4 is 5.32 Å². The van der Waals surface area contributed by atoms with Crippen molar-refractivity contribution < 1.29 is 19.5 Å². The first-order valence-electron chi connectivity index (χ1n) is 14.4. The number of aliphatic hydroxyl groups excluding tert-OH is 1. The van der Waals surface area contributed by atoms with Crippen LogP contribution >= 0.6 is 0 Å². The van der Waals surface area contributed by atoms with Crippen molar-refractivity contribution in [1.82, 2.24) is 20.0 Å². The van der Waals surface area contributed by atoms with Gasteiger partial charge in [-0.3, -0.25) is 9.59 Å². The Morgan fingerprint density at radius 1 is 0.833 bits per heavy atom. The summed E-state index contributed by atoms with van der Waals surface area (Å²) in [6.07, 6.45) is -0.0399. The summed E-state index contributed by atoms with van der Waals surface area (Å²) in [6, 6.07) is 30.3. The molecule has 2 heterocycles. The number of hydrogen-bond donors (Lipinski definition) is 2. The van der Waals surface area contributed by atoms with E-state index in [1.807, 2.05) is 83.8 Å². The second kappa shape index (κ2) is 12.0. The fraction of sp³-hybridized carbons (Fsp3) is 0.265. The van der Waals surface area contributed by atoms with Gasteiger partial charge in [0.25, 0.3) is 0 Å². The number of carbonyl (C=O) groups excluding carboxylic acids is 3. The van der Waals surface area contributed by atoms with E-state index in [4.69, 9.17) is 0 Å². The van der Waals surface area contributed by atoms with Crippen LogP contribution in [-0.2, 0) is 35.7 Å². The summed E-state index contributed by atoms with van der Waals surface area (Å²) in [6.45, 7) is 1.18. The van der Waals surface area contributed by atoms with E-state index in [0.717, 1.165) is 33.0 Å². The molecule has 0 aromatic heterocycles. The molecular weight excluding hydrogens is 528 g/mol. The molecule has 0 saturated carbocycles. The molecule has 2 aliphatic heterocycles. The van der Waals surface area contributed by atoms with E-state index in [2.05, 4.69) is 23.5 Å². The van der Waals surface area contributed by atoms with E-state index in [1.54, 1.807) is 9.80 Å². The Balaban J connectivity index is 1.29. The zero-order valence-corrected chi connectivity index (χ0v) is 23.4. The van der Waals surface area contributed by atoms with Gasteiger partial charge in [0.15, 0.2) is 0 Å². The maximum Gasteiger partial charge on any atom is 0.319 e. The molecule has 0 radical (unpaired) electrons. The van der Waals surface area contributed by atoms with E-state index in [9.17, 15) is 19.5 Å². The van der Waals surface area contributed by atoms with Crippen LogP contribution in [0, 0.1) is 0 Å². The monoisotopic (exact) mass is 562 g/mol. The highest BCUT2D eigenvalue weighted by Gasteiger charge is 2.48. The molecule has 6 rings (SSSR count). The van der Waals surface area contributed by atoms with Gasteiger partial charge >= 0.3 is 6.03 Å². The highest BCUT2D eigenvalue weighted by molar-refractivity contribution is 5.92. The number of fused-ring (bicyclic) bond motifs is 2. The van der Waals surface area contributed by atoms with E-state index in [-0.39, 0.29) is 44.0 Å². The molecule has 2 atom stereocenters. The van der Waals surface area contributed by atoms with Crippen LogP contribution in [0.25, 0.3) is 10.8 Å². The van der Waals surface area contributed by atoms with Crippen LogP contribution in [0.2, 0.25) is 0 Å². The molecule has 0 bridgehead atoms. The molecule has 2 unspecified atom stereocenters. The van der Waals surface area contributed by atoms with Gasteiger partial charge < -0.3 is 25.1 Å². The van der Waals surface area contributed by atoms with Crippen molar-refractivity contribution in [2.75, 3.05) is 13.1 Å². The summed E-state index contributed by atoms with van der Waals surface area (Å²) < 4.78 is 0. The minimum absolute atomic E-state index is 0.0376. The van der Waals surface area contributed by atoms with Crippen LogP contribution in [0.15, 0.2) is 97.1 Å². The Hall–Kier alpha value is -4.69. The highest BCUT2D eigenvalue weighted by atomic mass is 16.3. The van der Waals surface area contributed by atoms with Gasteiger partial charge in [-0.15, -0.1) is 0 Å². The maximum absolute atomic E-state index is 14.1. The molecule has 0 aliphatic carbocycles. The molecule has 4 aromatic rings. The van der Waals surface area contributed by atoms with E-state index in [0.29, 0.717) is 19.5 Å². The third kappa shape index (κ3) is 5.58. The number of aliphatic hydroxyl groups is 1. The zero-order valence-electron chi connectivity index (χ0n) is 23.4. The van der Waals surface area contributed by atoms with Crippen molar-refractivity contribution in [2.45, 2.75) is 44.7 Å². The molecule has 8 nitrogen and oxygen atoms in total. The number of benzene rings is 4. The van der Waals surface area contributed by atoms with E-state index < -0.39 is 12.2 Å². The lowest BCUT2D eigenvalue weighted by Gasteiger charge is -2.52. The molecule has 8 heteroatoms. The molecule has 42 heavy (non-hydrogen) atoms. The molecule has 2 aliphatic rings. The predicted molar refractivity (Wildman–Crippen MR) is 160 cm³/mol. The molecule has 2 N–H and O–H groups in total. The van der Waals surface area contributed by atoms with Crippen molar-refractivity contribution >= 4 is 28.6 Å². The summed E-state index contributed by atoms with van der Waals surface area (Å²) in [5.41, 5.74) is 3.70. The number of carbonyl (C=O) groups is 3. The Bertz CT molecular complexity index is 1590. The molecule has 214 valence electrons. The van der Waals surface area contributed by atoms with Gasteiger partial charge in [0.2, 0.25) is 11.8 Å². The summed E-state index contributed by atoms with van der Waals surface area (Å²) in [5, 5.41) is 14.5. The second-order valence-electron chi connectivity index (χ2n) is 10.9. The topological polar surface area (TPSA) is 93.2 Å². The number of nitrogens with one attached hydrogen (secondary N) is 1. The standard InChI is InChI=1S/C34H34N4O4/c39-23-26-15-13-25(14-16-26)20-35-34(42)37-18-17-32(40)38-30(19-24-7-2-1-3-8-24)33(41)36(22-31(37)38)21-28-11-6-10-27-9-4-5-12-29(27)28/h1-16,30-31,39H,17-23H2,(H,35,42). The van der Waals surface area contributed by atoms with Gasteiger partial charge in [-0.05, 0) is 33.0 Å². The van der Waals surface area contributed by atoms with Crippen LogP contribution in [0.3, 0.4) is 0 Å². The Labute approximate surface area is 245 Å². The molecule has 0 spiro atoms. The number of nitrogens with zero attached hydrogens (tertiary/aromatic N) is 3. The summed E-state index contributed by atoms with van der Waals surface area (Å²) in [4.78, 5) is 46.2. The average Bonchev–Trinajstić information content (AvgIpc) is 3.03. The molecule has 4 amide bonds. The first-order valence-corrected chi connectivity index (χ1v) is 14.4. The van der Waals surface area contributed by atoms with Gasteiger partial charge in [-0.1, -0.05) is 97.1 Å². The average molecular weight is 563 g/mol. The maximum atomic E-state index is 14.1. The van der Waals surface area contributed by atoms with Crippen molar-refractivity contribution in [3.63, 3.8) is 0 Å². The van der Waals surface area contributed by atoms with Crippen molar-refractivity contribution in [1.29, 1.82) is 0 Å². The number of urea groups is 1. The van der Waals surface area contributed by atoms with Crippen molar-refractivity contribution in [3.05, 3.63) is 119 Å². The SMILES string of the molecule is O=C1C(Cc2ccccc2)N2C(=O)CCN(C(=O)NCc3ccc(CO)cc3)C2CN1Cc1cccc2ccccc12. The third-order valence-electron chi connectivity index (χ3n) is 8.27. The first-order chi connectivity index (χ1) is 20.5. The van der Waals surface area contributed by atoms with Crippen molar-refractivity contribution in [2.24, 2.45) is 0 Å². The Morgan fingerprint density at radius 2 is 1.55 bits per heavy atom. The first kappa shape index (κ1) is 27.5. The quantitative estimate of drug-likeness (QED) is 0.356. The van der Waals surface area contributed by atoms with Gasteiger partial charge in [-0.2, -0.15) is 0 Å². The smallest absolute Gasteiger partial charge is 0.319 e. The summed E-state index contributed by atoms with van der Waals surface area (Å²) in [7, 11) is 0. The van der Waals surface area contributed by atoms with Gasteiger partial charge in [0.05, 0.1) is 13.2 Å². The molecule has 2 saturated heterocycles. The van der Waals surface area contributed by atoms with Gasteiger partial charge in [0, 0.05) is 32.5 Å². The van der Waals surface area contributed by atoms with Crippen molar-refractivity contribution in [3.8, 4) is 0 Å². The van der Waals surface area contributed by atoms with E-state index in [1.165, 1.54) is 0 Å². The highest BCUT2D eigenvalue weighted by Crippen LogP contribution is 2.30. The number of amides is 4. The Kier molecular flexibility index (Phi) is 7.88. The molecule has 4 aromatic carbocycles. The van der Waals surface area contributed by atoms with Crippen LogP contribution in [0.1, 0.15) is 28.7 Å². The largest absolute Gasteiger partial charge is 0.392 e. The van der Waals surface area contributed by atoms with E-state index >= 15 is 0 Å². The van der Waals surface area contributed by atoms with Gasteiger partial charge in [0.1, 0.15) is 12.2 Å². The predicted octanol–water partition coefficient (Wildman–Crippen LogP) is 4.06. The number of piperazine rings is 1. The number of rotatable bonds is 7. The lowest BCUT2D eigenvalue weighted by molar-refractivity contribution is -0.167. The zero-order chi connectivity index (χ0) is 29.1. The number of hydrogen-bond acceptors (Lipinski definition) is 4. The van der Waals surface area contributed by atoms with Crippen LogP contribution in [0.4, 0.5) is 4.79 Å². The normalized spacial score (nSPS) is 18.7. The van der Waals surface area contributed by atoms with Crippen LogP contribution in [0.5, 0.6) is 0 Å². The molecule has 2 fully saturated rings. The molecular formula is C34H34N4O4. The lowest BCUT2D eigenvalue weighted by Crippen LogP contribution is -2.72.